The van der Waals surface area contributed by atoms with Gasteiger partial charge in [0.1, 0.15) is 5.82 Å². The number of benzene rings is 1. The number of hydrogen-bond acceptors (Lipinski definition) is 4. The summed E-state index contributed by atoms with van der Waals surface area (Å²) in [7, 11) is -1.40. The monoisotopic (exact) mass is 341 g/mol. The average molecular weight is 341 g/mol. The van der Waals surface area contributed by atoms with Gasteiger partial charge in [0.25, 0.3) is 0 Å². The lowest BCUT2D eigenvalue weighted by atomic mass is 10.2. The summed E-state index contributed by atoms with van der Waals surface area (Å²) < 4.78 is 24.9. The Balaban J connectivity index is 1.89. The molecule has 2 rings (SSSR count). The molecule has 0 bridgehead atoms. The summed E-state index contributed by atoms with van der Waals surface area (Å²) in [6.07, 6.45) is 3.12. The smallest absolute Gasteiger partial charge is 0.319 e. The van der Waals surface area contributed by atoms with E-state index in [2.05, 4.69) is 15.6 Å². The highest BCUT2D eigenvalue weighted by Crippen LogP contribution is 2.18. The van der Waals surface area contributed by atoms with Crippen LogP contribution in [0.15, 0.2) is 34.7 Å². The van der Waals surface area contributed by atoms with Gasteiger partial charge >= 0.3 is 6.03 Å². The molecule has 0 aliphatic carbocycles. The van der Waals surface area contributed by atoms with Gasteiger partial charge in [0.15, 0.2) is 0 Å². The number of urea groups is 1. The van der Waals surface area contributed by atoms with Crippen molar-refractivity contribution < 1.29 is 13.4 Å². The first-order valence-electron chi connectivity index (χ1n) is 6.54. The van der Waals surface area contributed by atoms with E-state index in [4.69, 9.17) is 0 Å². The quantitative estimate of drug-likeness (QED) is 0.878. The van der Waals surface area contributed by atoms with Gasteiger partial charge in [-0.25, -0.2) is 14.2 Å². The van der Waals surface area contributed by atoms with Crippen LogP contribution in [0.4, 0.5) is 14.9 Å². The fourth-order valence-electron chi connectivity index (χ4n) is 1.80. The molecule has 0 aliphatic rings. The lowest BCUT2D eigenvalue weighted by Gasteiger charge is -2.11. The van der Waals surface area contributed by atoms with Crippen LogP contribution in [0.5, 0.6) is 0 Å². The summed E-state index contributed by atoms with van der Waals surface area (Å²) in [6, 6.07) is 3.65. The van der Waals surface area contributed by atoms with Crippen molar-refractivity contribution in [2.45, 2.75) is 17.7 Å². The maximum Gasteiger partial charge on any atom is 0.319 e. The second-order valence-electron chi connectivity index (χ2n) is 4.71. The first kappa shape index (κ1) is 16.6. The Hall–Kier alpha value is -1.80. The maximum atomic E-state index is 13.7. The predicted molar refractivity (Wildman–Crippen MR) is 86.3 cm³/mol. The van der Waals surface area contributed by atoms with Crippen LogP contribution in [-0.2, 0) is 10.8 Å². The molecule has 0 radical (unpaired) electrons. The van der Waals surface area contributed by atoms with Crippen LogP contribution in [0.25, 0.3) is 0 Å². The summed E-state index contributed by atoms with van der Waals surface area (Å²) in [6.45, 7) is 2.39. The third-order valence-electron chi connectivity index (χ3n) is 2.94. The van der Waals surface area contributed by atoms with E-state index in [0.717, 1.165) is 11.1 Å². The molecule has 2 aromatic rings. The van der Waals surface area contributed by atoms with E-state index in [1.54, 1.807) is 6.20 Å². The zero-order valence-corrected chi connectivity index (χ0v) is 13.8. The summed E-state index contributed by atoms with van der Waals surface area (Å²) in [4.78, 5) is 16.1. The summed E-state index contributed by atoms with van der Waals surface area (Å²) in [5, 5.41) is 8.08. The van der Waals surface area contributed by atoms with Gasteiger partial charge in [-0.15, -0.1) is 11.3 Å². The van der Waals surface area contributed by atoms with Crippen LogP contribution < -0.4 is 10.6 Å². The van der Waals surface area contributed by atoms with Gasteiger partial charge in [0.2, 0.25) is 0 Å². The highest BCUT2D eigenvalue weighted by Gasteiger charge is 2.11. The van der Waals surface area contributed by atoms with Crippen LogP contribution in [0.2, 0.25) is 0 Å². The molecule has 0 unspecified atom stereocenters. The Morgan fingerprint density at radius 2 is 2.27 bits per heavy atom. The maximum absolute atomic E-state index is 13.7. The second kappa shape index (κ2) is 7.46. The minimum Gasteiger partial charge on any atom is -0.337 e. The molecule has 0 saturated heterocycles. The number of rotatable bonds is 5. The standard InChI is InChI=1S/C14H16FN3O2S2/c1-9(13-16-5-6-21-13)8-17-14(19)18-10-3-4-12(22(2)20)11(15)7-10/h3-7,9H,8H2,1-2H3,(H2,17,18,19)/t9-,22+/m1/s1. The molecule has 0 aliphatic heterocycles. The molecule has 0 fully saturated rings. The van der Waals surface area contributed by atoms with Crippen molar-refractivity contribution in [1.29, 1.82) is 0 Å². The SMILES string of the molecule is C[C@H](CNC(=O)Nc1ccc([S@](C)=O)c(F)c1)c1nccs1. The summed E-state index contributed by atoms with van der Waals surface area (Å²) in [5.41, 5.74) is 0.311. The molecule has 2 N–H and O–H groups in total. The van der Waals surface area contributed by atoms with E-state index in [1.165, 1.54) is 29.7 Å². The zero-order chi connectivity index (χ0) is 16.1. The van der Waals surface area contributed by atoms with Crippen molar-refractivity contribution in [2.75, 3.05) is 18.1 Å². The van der Waals surface area contributed by atoms with Crippen molar-refractivity contribution in [3.63, 3.8) is 0 Å². The molecule has 5 nitrogen and oxygen atoms in total. The number of carbonyl (C=O) groups is 1. The lowest BCUT2D eigenvalue weighted by molar-refractivity contribution is 0.251. The molecule has 0 spiro atoms. The van der Waals surface area contributed by atoms with Crippen LogP contribution in [0.3, 0.4) is 0 Å². The van der Waals surface area contributed by atoms with Gasteiger partial charge in [0, 0.05) is 36.0 Å². The number of nitrogens with zero attached hydrogens (tertiary/aromatic N) is 1. The largest absolute Gasteiger partial charge is 0.337 e. The topological polar surface area (TPSA) is 71.1 Å². The van der Waals surface area contributed by atoms with Gasteiger partial charge in [-0.2, -0.15) is 0 Å². The van der Waals surface area contributed by atoms with E-state index in [1.807, 2.05) is 12.3 Å². The number of anilines is 1. The lowest BCUT2D eigenvalue weighted by Crippen LogP contribution is -2.31. The number of aromatic nitrogens is 1. The normalized spacial score (nSPS) is 13.4. The highest BCUT2D eigenvalue weighted by atomic mass is 32.2. The number of nitrogens with one attached hydrogen (secondary N) is 2. The average Bonchev–Trinajstić information content (AvgIpc) is 2.98. The predicted octanol–water partition coefficient (Wildman–Crippen LogP) is 2.94. The van der Waals surface area contributed by atoms with E-state index in [0.29, 0.717) is 12.2 Å². The molecule has 1 aromatic carbocycles. The Morgan fingerprint density at radius 1 is 1.50 bits per heavy atom. The van der Waals surface area contributed by atoms with Gasteiger partial charge in [-0.1, -0.05) is 6.92 Å². The Labute approximate surface area is 134 Å². The molecule has 8 heteroatoms. The van der Waals surface area contributed by atoms with Crippen LogP contribution in [0, 0.1) is 5.82 Å². The third-order valence-corrected chi connectivity index (χ3v) is 4.90. The van der Waals surface area contributed by atoms with Crippen molar-refractivity contribution in [1.82, 2.24) is 10.3 Å². The summed E-state index contributed by atoms with van der Waals surface area (Å²) in [5.74, 6) is -0.498. The fourth-order valence-corrected chi connectivity index (χ4v) is 3.09. The molecule has 0 saturated carbocycles. The molecular formula is C14H16FN3O2S2. The molecule has 118 valence electrons. The minimum absolute atomic E-state index is 0.104. The van der Waals surface area contributed by atoms with Crippen LogP contribution in [-0.4, -0.2) is 28.0 Å². The van der Waals surface area contributed by atoms with Crippen molar-refractivity contribution in [3.8, 4) is 0 Å². The van der Waals surface area contributed by atoms with Crippen molar-refractivity contribution in [3.05, 3.63) is 40.6 Å². The minimum atomic E-state index is -1.40. The van der Waals surface area contributed by atoms with Crippen LogP contribution >= 0.6 is 11.3 Å². The van der Waals surface area contributed by atoms with E-state index >= 15 is 0 Å². The molecular weight excluding hydrogens is 325 g/mol. The number of hydrogen-bond donors (Lipinski definition) is 2. The molecule has 2 atom stereocenters. The third kappa shape index (κ3) is 4.35. The van der Waals surface area contributed by atoms with Crippen molar-refractivity contribution >= 4 is 33.9 Å². The van der Waals surface area contributed by atoms with E-state index in [9.17, 15) is 13.4 Å². The van der Waals surface area contributed by atoms with Crippen molar-refractivity contribution in [2.24, 2.45) is 0 Å². The van der Waals surface area contributed by atoms with Gasteiger partial charge in [0.05, 0.1) is 20.7 Å². The van der Waals surface area contributed by atoms with Gasteiger partial charge < -0.3 is 10.6 Å². The highest BCUT2D eigenvalue weighted by molar-refractivity contribution is 7.84. The Bertz CT molecular complexity index is 677. The Kier molecular flexibility index (Phi) is 5.62. The molecule has 2 amide bonds. The molecule has 1 aromatic heterocycles. The summed E-state index contributed by atoms with van der Waals surface area (Å²) >= 11 is 1.53. The van der Waals surface area contributed by atoms with Gasteiger partial charge in [-0.05, 0) is 18.2 Å². The number of halogens is 1. The van der Waals surface area contributed by atoms with Gasteiger partial charge in [-0.3, -0.25) is 4.21 Å². The van der Waals surface area contributed by atoms with E-state index in [-0.39, 0.29) is 10.8 Å². The fraction of sp³-hybridized carbons (Fsp3) is 0.286. The number of amides is 2. The van der Waals surface area contributed by atoms with E-state index < -0.39 is 22.6 Å². The Morgan fingerprint density at radius 3 is 2.86 bits per heavy atom. The van der Waals surface area contributed by atoms with Crippen LogP contribution in [0.1, 0.15) is 17.8 Å². The first-order chi connectivity index (χ1) is 10.5. The number of thiazole rings is 1. The zero-order valence-electron chi connectivity index (χ0n) is 12.1. The first-order valence-corrected chi connectivity index (χ1v) is 8.98. The molecule has 1 heterocycles. The number of carbonyl (C=O) groups excluding carboxylic acids is 1. The second-order valence-corrected chi connectivity index (χ2v) is 6.98. The molecule has 22 heavy (non-hydrogen) atoms.